The number of hydrogen-bond acceptors (Lipinski definition) is 4. The molecule has 1 amide bonds. The number of piperazine rings is 1. The molecule has 0 spiro atoms. The molecule has 1 aliphatic heterocycles. The van der Waals surface area contributed by atoms with Gasteiger partial charge in [0.25, 0.3) is 0 Å². The molecule has 1 aromatic heterocycles. The molecule has 0 aromatic carbocycles. The SMILES string of the molecule is CN1CCN(C)C(CNC(=O)C2(c3cccs3)CCCCC2)C1. The minimum Gasteiger partial charge on any atom is -0.354 e. The van der Waals surface area contributed by atoms with Gasteiger partial charge in [-0.2, -0.15) is 0 Å². The molecule has 1 aromatic rings. The second-order valence-electron chi connectivity index (χ2n) is 7.23. The van der Waals surface area contributed by atoms with Crippen LogP contribution >= 0.6 is 11.3 Å². The highest BCUT2D eigenvalue weighted by atomic mass is 32.1. The fraction of sp³-hybridized carbons (Fsp3) is 0.722. The lowest BCUT2D eigenvalue weighted by Crippen LogP contribution is -2.56. The monoisotopic (exact) mass is 335 g/mol. The van der Waals surface area contributed by atoms with E-state index < -0.39 is 0 Å². The van der Waals surface area contributed by atoms with Crippen molar-refractivity contribution < 1.29 is 4.79 Å². The van der Waals surface area contributed by atoms with Crippen molar-refractivity contribution in [3.05, 3.63) is 22.4 Å². The van der Waals surface area contributed by atoms with Gasteiger partial charge in [0.15, 0.2) is 0 Å². The average Bonchev–Trinajstić information content (AvgIpc) is 3.11. The number of nitrogens with zero attached hydrogens (tertiary/aromatic N) is 2. The Bertz CT molecular complexity index is 510. The summed E-state index contributed by atoms with van der Waals surface area (Å²) < 4.78 is 0. The Hall–Kier alpha value is -0.910. The Morgan fingerprint density at radius 2 is 2.09 bits per heavy atom. The van der Waals surface area contributed by atoms with Crippen molar-refractivity contribution in [2.45, 2.75) is 43.6 Å². The average molecular weight is 336 g/mol. The highest BCUT2D eigenvalue weighted by Gasteiger charge is 2.42. The first-order valence-electron chi connectivity index (χ1n) is 8.83. The van der Waals surface area contributed by atoms with Gasteiger partial charge in [0.2, 0.25) is 5.91 Å². The number of nitrogens with one attached hydrogen (secondary N) is 1. The topological polar surface area (TPSA) is 35.6 Å². The molecule has 1 N–H and O–H groups in total. The van der Waals surface area contributed by atoms with Gasteiger partial charge in [-0.05, 0) is 38.4 Å². The molecular formula is C18H29N3OS. The van der Waals surface area contributed by atoms with Gasteiger partial charge in [0, 0.05) is 37.1 Å². The number of rotatable bonds is 4. The third kappa shape index (κ3) is 3.62. The standard InChI is InChI=1S/C18H29N3OS/c1-20-10-11-21(2)15(14-20)13-19-17(22)18(8-4-3-5-9-18)16-7-6-12-23-16/h6-7,12,15H,3-5,8-11,13-14H2,1-2H3,(H,19,22). The molecule has 1 saturated heterocycles. The minimum atomic E-state index is -0.272. The van der Waals surface area contributed by atoms with Gasteiger partial charge < -0.3 is 10.2 Å². The summed E-state index contributed by atoms with van der Waals surface area (Å²) in [6.07, 6.45) is 5.59. The second-order valence-corrected chi connectivity index (χ2v) is 8.17. The zero-order valence-corrected chi connectivity index (χ0v) is 15.2. The molecule has 3 rings (SSSR count). The normalized spacial score (nSPS) is 26.1. The molecule has 5 heteroatoms. The summed E-state index contributed by atoms with van der Waals surface area (Å²) in [5.41, 5.74) is -0.272. The molecule has 2 aliphatic rings. The maximum absolute atomic E-state index is 13.1. The van der Waals surface area contributed by atoms with Crippen LogP contribution in [0.3, 0.4) is 0 Å². The zero-order chi connectivity index (χ0) is 16.3. The van der Waals surface area contributed by atoms with Crippen LogP contribution in [0, 0.1) is 0 Å². The predicted octanol–water partition coefficient (Wildman–Crippen LogP) is 2.31. The van der Waals surface area contributed by atoms with Crippen LogP contribution in [-0.4, -0.2) is 62.0 Å². The van der Waals surface area contributed by atoms with E-state index in [4.69, 9.17) is 0 Å². The van der Waals surface area contributed by atoms with Crippen molar-refractivity contribution in [2.75, 3.05) is 40.3 Å². The van der Waals surface area contributed by atoms with Crippen molar-refractivity contribution >= 4 is 17.2 Å². The fourth-order valence-corrected chi connectivity index (χ4v) is 4.98. The number of likely N-dealkylation sites (N-methyl/N-ethyl adjacent to an activating group) is 2. The minimum absolute atomic E-state index is 0.251. The maximum Gasteiger partial charge on any atom is 0.231 e. The van der Waals surface area contributed by atoms with E-state index >= 15 is 0 Å². The molecular weight excluding hydrogens is 306 g/mol. The van der Waals surface area contributed by atoms with Crippen molar-refractivity contribution in [2.24, 2.45) is 0 Å². The number of carbonyl (C=O) groups is 1. The largest absolute Gasteiger partial charge is 0.354 e. The van der Waals surface area contributed by atoms with E-state index in [2.05, 4.69) is 46.7 Å². The molecule has 2 fully saturated rings. The molecule has 128 valence electrons. The first kappa shape index (κ1) is 16.9. The number of hydrogen-bond donors (Lipinski definition) is 1. The van der Waals surface area contributed by atoms with Crippen LogP contribution < -0.4 is 5.32 Å². The predicted molar refractivity (Wildman–Crippen MR) is 96.0 cm³/mol. The first-order chi connectivity index (χ1) is 11.1. The van der Waals surface area contributed by atoms with Crippen LogP contribution in [-0.2, 0) is 10.2 Å². The fourth-order valence-electron chi connectivity index (χ4n) is 3.99. The molecule has 1 saturated carbocycles. The number of thiophene rings is 1. The van der Waals surface area contributed by atoms with Gasteiger partial charge in [-0.25, -0.2) is 0 Å². The van der Waals surface area contributed by atoms with E-state index in [1.807, 2.05) is 0 Å². The van der Waals surface area contributed by atoms with E-state index in [0.717, 1.165) is 51.9 Å². The Labute approximate surface area is 143 Å². The Balaban J connectivity index is 1.67. The van der Waals surface area contributed by atoms with E-state index in [-0.39, 0.29) is 11.3 Å². The molecule has 1 atom stereocenters. The highest BCUT2D eigenvalue weighted by Crippen LogP contribution is 2.41. The van der Waals surface area contributed by atoms with Crippen LogP contribution in [0.5, 0.6) is 0 Å². The van der Waals surface area contributed by atoms with Crippen LogP contribution in [0.15, 0.2) is 17.5 Å². The second kappa shape index (κ2) is 7.32. The van der Waals surface area contributed by atoms with Crippen LogP contribution in [0.25, 0.3) is 0 Å². The smallest absolute Gasteiger partial charge is 0.231 e. The van der Waals surface area contributed by atoms with Gasteiger partial charge in [0.05, 0.1) is 5.41 Å². The Morgan fingerprint density at radius 1 is 1.30 bits per heavy atom. The summed E-state index contributed by atoms with van der Waals surface area (Å²) >= 11 is 1.74. The van der Waals surface area contributed by atoms with E-state index in [0.29, 0.717) is 6.04 Å². The van der Waals surface area contributed by atoms with Crippen molar-refractivity contribution in [3.63, 3.8) is 0 Å². The molecule has 4 nitrogen and oxygen atoms in total. The van der Waals surface area contributed by atoms with Crippen molar-refractivity contribution in [3.8, 4) is 0 Å². The van der Waals surface area contributed by atoms with Crippen LogP contribution in [0.1, 0.15) is 37.0 Å². The summed E-state index contributed by atoms with van der Waals surface area (Å²) in [6, 6.07) is 4.64. The lowest BCUT2D eigenvalue weighted by atomic mass is 9.72. The van der Waals surface area contributed by atoms with Crippen LogP contribution in [0.4, 0.5) is 0 Å². The summed E-state index contributed by atoms with van der Waals surface area (Å²) in [7, 11) is 4.33. The third-order valence-electron chi connectivity index (χ3n) is 5.61. The summed E-state index contributed by atoms with van der Waals surface area (Å²) in [5.74, 6) is 0.251. The highest BCUT2D eigenvalue weighted by molar-refractivity contribution is 7.10. The van der Waals surface area contributed by atoms with Crippen molar-refractivity contribution in [1.29, 1.82) is 0 Å². The molecule has 23 heavy (non-hydrogen) atoms. The van der Waals surface area contributed by atoms with Gasteiger partial charge in [-0.3, -0.25) is 9.69 Å². The van der Waals surface area contributed by atoms with E-state index in [1.54, 1.807) is 11.3 Å². The summed E-state index contributed by atoms with van der Waals surface area (Å²) in [5, 5.41) is 5.40. The molecule has 1 unspecified atom stereocenters. The molecule has 0 radical (unpaired) electrons. The lowest BCUT2D eigenvalue weighted by molar-refractivity contribution is -0.128. The number of carbonyl (C=O) groups excluding carboxylic acids is 1. The Kier molecular flexibility index (Phi) is 5.39. The summed E-state index contributed by atoms with van der Waals surface area (Å²) in [6.45, 7) is 3.97. The molecule has 1 aliphatic carbocycles. The lowest BCUT2D eigenvalue weighted by Gasteiger charge is -2.39. The van der Waals surface area contributed by atoms with E-state index in [1.165, 1.54) is 11.3 Å². The molecule has 0 bridgehead atoms. The van der Waals surface area contributed by atoms with E-state index in [9.17, 15) is 4.79 Å². The molecule has 2 heterocycles. The van der Waals surface area contributed by atoms with Gasteiger partial charge in [-0.15, -0.1) is 11.3 Å². The van der Waals surface area contributed by atoms with Crippen LogP contribution in [0.2, 0.25) is 0 Å². The number of amides is 1. The van der Waals surface area contributed by atoms with Gasteiger partial charge >= 0.3 is 0 Å². The Morgan fingerprint density at radius 3 is 2.78 bits per heavy atom. The maximum atomic E-state index is 13.1. The quantitative estimate of drug-likeness (QED) is 0.917. The van der Waals surface area contributed by atoms with Gasteiger partial charge in [0.1, 0.15) is 0 Å². The van der Waals surface area contributed by atoms with Crippen molar-refractivity contribution in [1.82, 2.24) is 15.1 Å². The zero-order valence-electron chi connectivity index (χ0n) is 14.4. The van der Waals surface area contributed by atoms with Gasteiger partial charge in [-0.1, -0.05) is 25.3 Å². The third-order valence-corrected chi connectivity index (χ3v) is 6.69. The first-order valence-corrected chi connectivity index (χ1v) is 9.71. The summed E-state index contributed by atoms with van der Waals surface area (Å²) in [4.78, 5) is 19.1.